The van der Waals surface area contributed by atoms with Gasteiger partial charge in [-0.05, 0) is 19.8 Å². The second kappa shape index (κ2) is 5.36. The summed E-state index contributed by atoms with van der Waals surface area (Å²) in [5.74, 6) is 0. The quantitative estimate of drug-likeness (QED) is 0.462. The van der Waals surface area contributed by atoms with Gasteiger partial charge in [-0.3, -0.25) is 0 Å². The van der Waals surface area contributed by atoms with E-state index in [2.05, 4.69) is 26.0 Å². The number of ether oxygens (including phenoxy) is 1. The standard InChI is InChI=1S/C11H20O/c1-3-4-5-8-11-9-6-7-10(2)12-11/h6,9-11H,3-5,7-8H2,1-2H3/t10-,11+/m0/s1. The molecule has 1 nitrogen and oxygen atoms in total. The van der Waals surface area contributed by atoms with Crippen molar-refractivity contribution in [1.82, 2.24) is 0 Å². The molecule has 1 heteroatoms. The van der Waals surface area contributed by atoms with Crippen LogP contribution < -0.4 is 0 Å². The summed E-state index contributed by atoms with van der Waals surface area (Å²) in [6.07, 6.45) is 11.5. The van der Waals surface area contributed by atoms with Crippen molar-refractivity contribution < 1.29 is 4.74 Å². The molecule has 0 aliphatic carbocycles. The minimum absolute atomic E-state index is 0.403. The fraction of sp³-hybridized carbons (Fsp3) is 0.818. The zero-order valence-electron chi connectivity index (χ0n) is 8.25. The molecule has 0 spiro atoms. The van der Waals surface area contributed by atoms with E-state index >= 15 is 0 Å². The van der Waals surface area contributed by atoms with E-state index < -0.39 is 0 Å². The highest BCUT2D eigenvalue weighted by molar-refractivity contribution is 4.95. The van der Waals surface area contributed by atoms with Crippen molar-refractivity contribution >= 4 is 0 Å². The molecular weight excluding hydrogens is 148 g/mol. The molecule has 0 saturated heterocycles. The molecule has 1 rings (SSSR count). The van der Waals surface area contributed by atoms with Crippen LogP contribution in [0.15, 0.2) is 12.2 Å². The average Bonchev–Trinajstić information content (AvgIpc) is 2.05. The van der Waals surface area contributed by atoms with Crippen LogP contribution in [-0.4, -0.2) is 12.2 Å². The van der Waals surface area contributed by atoms with Crippen LogP contribution in [0.2, 0.25) is 0 Å². The Bertz CT molecular complexity index is 140. The Morgan fingerprint density at radius 3 is 2.92 bits per heavy atom. The summed E-state index contributed by atoms with van der Waals surface area (Å²) < 4.78 is 5.75. The predicted octanol–water partition coefficient (Wildman–Crippen LogP) is 3.30. The van der Waals surface area contributed by atoms with Crippen LogP contribution in [0.1, 0.15) is 46.0 Å². The number of hydrogen-bond acceptors (Lipinski definition) is 1. The van der Waals surface area contributed by atoms with Crippen LogP contribution in [0, 0.1) is 0 Å². The maximum atomic E-state index is 5.75. The van der Waals surface area contributed by atoms with Crippen molar-refractivity contribution in [3.8, 4) is 0 Å². The van der Waals surface area contributed by atoms with Crippen LogP contribution in [0.3, 0.4) is 0 Å². The lowest BCUT2D eigenvalue weighted by Crippen LogP contribution is -2.21. The monoisotopic (exact) mass is 168 g/mol. The highest BCUT2D eigenvalue weighted by Gasteiger charge is 2.12. The summed E-state index contributed by atoms with van der Waals surface area (Å²) in [4.78, 5) is 0. The van der Waals surface area contributed by atoms with Gasteiger partial charge in [0.25, 0.3) is 0 Å². The largest absolute Gasteiger partial charge is 0.371 e. The van der Waals surface area contributed by atoms with Gasteiger partial charge >= 0.3 is 0 Å². The third-order valence-corrected chi connectivity index (χ3v) is 2.32. The first-order valence-corrected chi connectivity index (χ1v) is 5.15. The molecule has 1 aliphatic rings. The van der Waals surface area contributed by atoms with Crippen molar-refractivity contribution in [2.45, 2.75) is 58.2 Å². The lowest BCUT2D eigenvalue weighted by atomic mass is 10.1. The van der Waals surface area contributed by atoms with Gasteiger partial charge in [-0.25, -0.2) is 0 Å². The van der Waals surface area contributed by atoms with E-state index in [1.54, 1.807) is 0 Å². The van der Waals surface area contributed by atoms with Gasteiger partial charge in [-0.2, -0.15) is 0 Å². The first kappa shape index (κ1) is 9.79. The molecule has 70 valence electrons. The molecule has 0 fully saturated rings. The minimum Gasteiger partial charge on any atom is -0.371 e. The van der Waals surface area contributed by atoms with Crippen molar-refractivity contribution in [3.63, 3.8) is 0 Å². The lowest BCUT2D eigenvalue weighted by Gasteiger charge is -2.22. The number of unbranched alkanes of at least 4 members (excludes halogenated alkanes) is 2. The highest BCUT2D eigenvalue weighted by atomic mass is 16.5. The Morgan fingerprint density at radius 2 is 2.25 bits per heavy atom. The van der Waals surface area contributed by atoms with E-state index in [1.165, 1.54) is 25.7 Å². The van der Waals surface area contributed by atoms with E-state index in [9.17, 15) is 0 Å². The molecule has 2 atom stereocenters. The molecule has 0 N–H and O–H groups in total. The fourth-order valence-electron chi connectivity index (χ4n) is 1.58. The van der Waals surface area contributed by atoms with E-state index in [1.807, 2.05) is 0 Å². The Labute approximate surface area is 75.8 Å². The summed E-state index contributed by atoms with van der Waals surface area (Å²) in [5.41, 5.74) is 0. The normalized spacial score (nSPS) is 29.2. The zero-order valence-corrected chi connectivity index (χ0v) is 8.25. The Balaban J connectivity index is 2.14. The molecule has 1 heterocycles. The summed E-state index contributed by atoms with van der Waals surface area (Å²) in [6.45, 7) is 4.39. The Kier molecular flexibility index (Phi) is 4.37. The predicted molar refractivity (Wildman–Crippen MR) is 52.2 cm³/mol. The second-order valence-electron chi connectivity index (χ2n) is 3.64. The number of hydrogen-bond donors (Lipinski definition) is 0. The second-order valence-corrected chi connectivity index (χ2v) is 3.64. The molecule has 0 bridgehead atoms. The molecule has 0 unspecified atom stereocenters. The van der Waals surface area contributed by atoms with Crippen LogP contribution in [0.5, 0.6) is 0 Å². The topological polar surface area (TPSA) is 9.23 Å². The van der Waals surface area contributed by atoms with Crippen molar-refractivity contribution in [2.75, 3.05) is 0 Å². The molecule has 0 aromatic heterocycles. The van der Waals surface area contributed by atoms with E-state index in [4.69, 9.17) is 4.74 Å². The van der Waals surface area contributed by atoms with E-state index in [0.717, 1.165) is 6.42 Å². The maximum absolute atomic E-state index is 5.75. The van der Waals surface area contributed by atoms with Crippen LogP contribution in [0.25, 0.3) is 0 Å². The maximum Gasteiger partial charge on any atom is 0.0759 e. The van der Waals surface area contributed by atoms with Crippen LogP contribution in [-0.2, 0) is 4.74 Å². The summed E-state index contributed by atoms with van der Waals surface area (Å²) >= 11 is 0. The summed E-state index contributed by atoms with van der Waals surface area (Å²) in [7, 11) is 0. The van der Waals surface area contributed by atoms with Crippen LogP contribution >= 0.6 is 0 Å². The summed E-state index contributed by atoms with van der Waals surface area (Å²) in [5, 5.41) is 0. The third-order valence-electron chi connectivity index (χ3n) is 2.32. The third kappa shape index (κ3) is 3.40. The molecule has 0 aromatic rings. The molecule has 0 radical (unpaired) electrons. The molecule has 0 saturated carbocycles. The zero-order chi connectivity index (χ0) is 8.81. The van der Waals surface area contributed by atoms with Crippen molar-refractivity contribution in [1.29, 1.82) is 0 Å². The van der Waals surface area contributed by atoms with Gasteiger partial charge in [0.15, 0.2) is 0 Å². The van der Waals surface area contributed by atoms with Gasteiger partial charge in [-0.15, -0.1) is 0 Å². The lowest BCUT2D eigenvalue weighted by molar-refractivity contribution is 0.0123. The average molecular weight is 168 g/mol. The van der Waals surface area contributed by atoms with E-state index in [-0.39, 0.29) is 0 Å². The first-order valence-electron chi connectivity index (χ1n) is 5.15. The SMILES string of the molecule is CCCCC[C@@H]1C=CC[C@H](C)O1. The smallest absolute Gasteiger partial charge is 0.0759 e. The fourth-order valence-corrected chi connectivity index (χ4v) is 1.58. The van der Waals surface area contributed by atoms with E-state index in [0.29, 0.717) is 12.2 Å². The summed E-state index contributed by atoms with van der Waals surface area (Å²) in [6, 6.07) is 0. The molecular formula is C11H20O. The highest BCUT2D eigenvalue weighted by Crippen LogP contribution is 2.16. The van der Waals surface area contributed by atoms with Gasteiger partial charge in [-0.1, -0.05) is 38.3 Å². The number of rotatable bonds is 4. The Hall–Kier alpha value is -0.300. The van der Waals surface area contributed by atoms with Gasteiger partial charge in [0.2, 0.25) is 0 Å². The molecule has 1 aliphatic heterocycles. The van der Waals surface area contributed by atoms with Crippen LogP contribution in [0.4, 0.5) is 0 Å². The molecule has 0 amide bonds. The van der Waals surface area contributed by atoms with Gasteiger partial charge in [0.1, 0.15) is 0 Å². The van der Waals surface area contributed by atoms with Crippen molar-refractivity contribution in [3.05, 3.63) is 12.2 Å². The first-order chi connectivity index (χ1) is 5.83. The molecule has 12 heavy (non-hydrogen) atoms. The van der Waals surface area contributed by atoms with Gasteiger partial charge < -0.3 is 4.74 Å². The van der Waals surface area contributed by atoms with Gasteiger partial charge in [0.05, 0.1) is 12.2 Å². The van der Waals surface area contributed by atoms with Gasteiger partial charge in [0, 0.05) is 0 Å². The minimum atomic E-state index is 0.403. The molecule has 0 aromatic carbocycles. The Morgan fingerprint density at radius 1 is 1.42 bits per heavy atom. The van der Waals surface area contributed by atoms with Crippen molar-refractivity contribution in [2.24, 2.45) is 0 Å².